The molecule has 0 aliphatic heterocycles. The fourth-order valence-electron chi connectivity index (χ4n) is 2.49. The number of esters is 1. The first-order chi connectivity index (χ1) is 13.3. The molecule has 0 heterocycles. The van der Waals surface area contributed by atoms with Crippen molar-refractivity contribution in [1.82, 2.24) is 5.32 Å². The number of methoxy groups -OCH3 is 1. The first-order valence-corrected chi connectivity index (χ1v) is 9.13. The average Bonchev–Trinajstić information content (AvgIpc) is 2.65. The van der Waals surface area contributed by atoms with Gasteiger partial charge in [-0.1, -0.05) is 30.3 Å². The zero-order chi connectivity index (χ0) is 20.6. The van der Waals surface area contributed by atoms with E-state index >= 15 is 0 Å². The van der Waals surface area contributed by atoms with Crippen LogP contribution in [0.15, 0.2) is 48.5 Å². The minimum Gasteiger partial charge on any atom is -0.489 e. The van der Waals surface area contributed by atoms with Crippen molar-refractivity contribution < 1.29 is 23.8 Å². The Hall–Kier alpha value is -3.02. The molecule has 0 fully saturated rings. The molecule has 6 heteroatoms. The van der Waals surface area contributed by atoms with Crippen LogP contribution in [0.5, 0.6) is 5.75 Å². The Bertz CT molecular complexity index is 793. The average molecular weight is 385 g/mol. The van der Waals surface area contributed by atoms with Gasteiger partial charge in [0.2, 0.25) is 0 Å². The summed E-state index contributed by atoms with van der Waals surface area (Å²) < 4.78 is 15.8. The molecule has 0 radical (unpaired) electrons. The van der Waals surface area contributed by atoms with Crippen LogP contribution in [-0.4, -0.2) is 31.3 Å². The maximum Gasteiger partial charge on any atom is 0.407 e. The molecule has 0 aliphatic rings. The predicted octanol–water partition coefficient (Wildman–Crippen LogP) is 4.12. The van der Waals surface area contributed by atoms with E-state index in [0.717, 1.165) is 11.1 Å². The van der Waals surface area contributed by atoms with Crippen molar-refractivity contribution >= 4 is 12.1 Å². The fraction of sp³-hybridized carbons (Fsp3) is 0.364. The molecule has 150 valence electrons. The molecule has 1 amide bonds. The molecule has 0 aliphatic carbocycles. The van der Waals surface area contributed by atoms with Gasteiger partial charge >= 0.3 is 12.1 Å². The molecule has 0 saturated carbocycles. The molecule has 0 bridgehead atoms. The maximum absolute atomic E-state index is 11.8. The zero-order valence-corrected chi connectivity index (χ0v) is 16.8. The Labute approximate surface area is 165 Å². The lowest BCUT2D eigenvalue weighted by Gasteiger charge is -2.19. The predicted molar refractivity (Wildman–Crippen MR) is 106 cm³/mol. The van der Waals surface area contributed by atoms with Gasteiger partial charge in [-0.15, -0.1) is 0 Å². The standard InChI is InChI=1S/C22H27NO5/c1-22(2,3)28-21(25)23-14-13-16-9-11-18(12-10-16)27-15-17-7-5-6-8-19(17)20(24)26-4/h5-12H,13-15H2,1-4H3,(H,23,25). The molecule has 0 atom stereocenters. The van der Waals surface area contributed by atoms with E-state index in [-0.39, 0.29) is 12.6 Å². The Kier molecular flexibility index (Phi) is 7.44. The molecular formula is C22H27NO5. The number of ether oxygens (including phenoxy) is 3. The van der Waals surface area contributed by atoms with Gasteiger partial charge in [0.15, 0.2) is 0 Å². The Morgan fingerprint density at radius 2 is 1.68 bits per heavy atom. The van der Waals surface area contributed by atoms with Crippen LogP contribution >= 0.6 is 0 Å². The first kappa shape index (κ1) is 21.3. The molecule has 0 spiro atoms. The Balaban J connectivity index is 1.84. The summed E-state index contributed by atoms with van der Waals surface area (Å²) >= 11 is 0. The maximum atomic E-state index is 11.8. The van der Waals surface area contributed by atoms with Gasteiger partial charge in [-0.2, -0.15) is 0 Å². The van der Waals surface area contributed by atoms with Crippen LogP contribution in [-0.2, 0) is 22.5 Å². The second kappa shape index (κ2) is 9.78. The summed E-state index contributed by atoms with van der Waals surface area (Å²) in [4.78, 5) is 23.4. The van der Waals surface area contributed by atoms with E-state index in [0.29, 0.717) is 24.3 Å². The molecule has 0 unspecified atom stereocenters. The van der Waals surface area contributed by atoms with Gasteiger partial charge in [0.1, 0.15) is 18.0 Å². The summed E-state index contributed by atoms with van der Waals surface area (Å²) in [5, 5.41) is 2.74. The number of carbonyl (C=O) groups is 2. The highest BCUT2D eigenvalue weighted by Gasteiger charge is 2.15. The van der Waals surface area contributed by atoms with Crippen LogP contribution in [0.4, 0.5) is 4.79 Å². The first-order valence-electron chi connectivity index (χ1n) is 9.13. The van der Waals surface area contributed by atoms with Crippen LogP contribution < -0.4 is 10.1 Å². The molecule has 2 aromatic carbocycles. The summed E-state index contributed by atoms with van der Waals surface area (Å²) in [5.74, 6) is 0.315. The number of amides is 1. The summed E-state index contributed by atoms with van der Waals surface area (Å²) in [7, 11) is 1.36. The lowest BCUT2D eigenvalue weighted by atomic mass is 10.1. The van der Waals surface area contributed by atoms with Crippen LogP contribution in [0.2, 0.25) is 0 Å². The number of hydrogen-bond donors (Lipinski definition) is 1. The van der Waals surface area contributed by atoms with Crippen molar-refractivity contribution in [3.63, 3.8) is 0 Å². The Morgan fingerprint density at radius 3 is 2.32 bits per heavy atom. The molecule has 6 nitrogen and oxygen atoms in total. The van der Waals surface area contributed by atoms with Crippen LogP contribution in [0.25, 0.3) is 0 Å². The van der Waals surface area contributed by atoms with Crippen LogP contribution in [0, 0.1) is 0 Å². The zero-order valence-electron chi connectivity index (χ0n) is 16.8. The molecule has 1 N–H and O–H groups in total. The summed E-state index contributed by atoms with van der Waals surface area (Å²) in [6.45, 7) is 6.24. The third-order valence-electron chi connectivity index (χ3n) is 3.82. The van der Waals surface area contributed by atoms with Crippen molar-refractivity contribution in [2.24, 2.45) is 0 Å². The van der Waals surface area contributed by atoms with Crippen molar-refractivity contribution in [1.29, 1.82) is 0 Å². The van der Waals surface area contributed by atoms with E-state index in [2.05, 4.69) is 5.32 Å². The van der Waals surface area contributed by atoms with Gasteiger partial charge in [-0.05, 0) is 51.0 Å². The SMILES string of the molecule is COC(=O)c1ccccc1COc1ccc(CCNC(=O)OC(C)(C)C)cc1. The van der Waals surface area contributed by atoms with E-state index in [9.17, 15) is 9.59 Å². The minimum absolute atomic E-state index is 0.269. The molecule has 2 rings (SSSR count). The number of nitrogens with one attached hydrogen (secondary N) is 1. The molecular weight excluding hydrogens is 358 g/mol. The monoisotopic (exact) mass is 385 g/mol. The highest BCUT2D eigenvalue weighted by Crippen LogP contribution is 2.17. The van der Waals surface area contributed by atoms with Gasteiger partial charge in [0.05, 0.1) is 12.7 Å². The van der Waals surface area contributed by atoms with E-state index < -0.39 is 11.7 Å². The number of carbonyl (C=O) groups excluding carboxylic acids is 2. The van der Waals surface area contributed by atoms with Crippen molar-refractivity contribution in [2.45, 2.75) is 39.4 Å². The number of benzene rings is 2. The smallest absolute Gasteiger partial charge is 0.407 e. The minimum atomic E-state index is -0.504. The van der Waals surface area contributed by atoms with Crippen LogP contribution in [0.3, 0.4) is 0 Å². The molecule has 2 aromatic rings. The Morgan fingerprint density at radius 1 is 1.00 bits per heavy atom. The number of rotatable bonds is 7. The second-order valence-corrected chi connectivity index (χ2v) is 7.26. The quantitative estimate of drug-likeness (QED) is 0.726. The van der Waals surface area contributed by atoms with E-state index in [1.165, 1.54) is 7.11 Å². The summed E-state index contributed by atoms with van der Waals surface area (Å²) in [6, 6.07) is 14.8. The lowest BCUT2D eigenvalue weighted by Crippen LogP contribution is -2.33. The van der Waals surface area contributed by atoms with Gasteiger partial charge in [-0.25, -0.2) is 9.59 Å². The van der Waals surface area contributed by atoms with Crippen LogP contribution in [0.1, 0.15) is 42.3 Å². The normalized spacial score (nSPS) is 10.9. The molecule has 0 aromatic heterocycles. The van der Waals surface area contributed by atoms with Gasteiger partial charge in [0.25, 0.3) is 0 Å². The summed E-state index contributed by atoms with van der Waals surface area (Å²) in [5.41, 5.74) is 1.82. The fourth-order valence-corrected chi connectivity index (χ4v) is 2.49. The van der Waals surface area contributed by atoms with E-state index in [1.807, 2.05) is 57.2 Å². The van der Waals surface area contributed by atoms with Crippen molar-refractivity contribution in [3.05, 3.63) is 65.2 Å². The number of alkyl carbamates (subject to hydrolysis) is 1. The van der Waals surface area contributed by atoms with Crippen molar-refractivity contribution in [3.8, 4) is 5.75 Å². The topological polar surface area (TPSA) is 73.9 Å². The highest BCUT2D eigenvalue weighted by atomic mass is 16.6. The number of hydrogen-bond acceptors (Lipinski definition) is 5. The van der Waals surface area contributed by atoms with Gasteiger partial charge in [0, 0.05) is 12.1 Å². The lowest BCUT2D eigenvalue weighted by molar-refractivity contribution is 0.0527. The third kappa shape index (κ3) is 6.95. The van der Waals surface area contributed by atoms with Gasteiger partial charge < -0.3 is 19.5 Å². The molecule has 0 saturated heterocycles. The summed E-state index contributed by atoms with van der Waals surface area (Å²) in [6.07, 6.45) is 0.266. The molecule has 28 heavy (non-hydrogen) atoms. The van der Waals surface area contributed by atoms with E-state index in [4.69, 9.17) is 14.2 Å². The second-order valence-electron chi connectivity index (χ2n) is 7.26. The highest BCUT2D eigenvalue weighted by molar-refractivity contribution is 5.90. The van der Waals surface area contributed by atoms with E-state index in [1.54, 1.807) is 12.1 Å². The van der Waals surface area contributed by atoms with Crippen molar-refractivity contribution in [2.75, 3.05) is 13.7 Å². The third-order valence-corrected chi connectivity index (χ3v) is 3.82. The largest absolute Gasteiger partial charge is 0.489 e. The van der Waals surface area contributed by atoms with Gasteiger partial charge in [-0.3, -0.25) is 0 Å².